The number of nitriles is 1. The summed E-state index contributed by atoms with van der Waals surface area (Å²) in [6.45, 7) is 4.45. The average molecular weight is 607 g/mol. The Kier molecular flexibility index (Phi) is 7.05. The minimum absolute atomic E-state index is 0.0937. The highest BCUT2D eigenvalue weighted by atomic mass is 15.3. The van der Waals surface area contributed by atoms with E-state index < -0.39 is 0 Å². The fourth-order valence-corrected chi connectivity index (χ4v) is 7.27. The number of nitrogens with zero attached hydrogens (tertiary/aromatic N) is 2. The highest BCUT2D eigenvalue weighted by Gasteiger charge is 2.37. The van der Waals surface area contributed by atoms with Gasteiger partial charge in [-0.2, -0.15) is 5.26 Å². The van der Waals surface area contributed by atoms with Gasteiger partial charge in [-0.15, -0.1) is 0 Å². The van der Waals surface area contributed by atoms with Crippen molar-refractivity contribution in [1.29, 1.82) is 5.26 Å². The van der Waals surface area contributed by atoms with Crippen molar-refractivity contribution in [3.05, 3.63) is 179 Å². The number of nitrogens with one attached hydrogen (secondary N) is 2. The second kappa shape index (κ2) is 11.6. The van der Waals surface area contributed by atoms with Gasteiger partial charge in [0.1, 0.15) is 18.2 Å². The first-order chi connectivity index (χ1) is 23.0. The van der Waals surface area contributed by atoms with Crippen LogP contribution in [-0.4, -0.2) is 5.84 Å². The lowest BCUT2D eigenvalue weighted by atomic mass is 9.79. The van der Waals surface area contributed by atoms with E-state index in [-0.39, 0.29) is 17.7 Å². The topological polar surface area (TPSA) is 60.2 Å². The first-order valence-electron chi connectivity index (χ1n) is 16.1. The number of aliphatic imine (C=N–C) groups is 1. The summed E-state index contributed by atoms with van der Waals surface area (Å²) in [6, 6.07) is 53.4. The van der Waals surface area contributed by atoms with Crippen molar-refractivity contribution >= 4 is 5.84 Å². The molecule has 1 aliphatic heterocycles. The molecular formula is C43H34N4. The lowest BCUT2D eigenvalue weighted by Crippen LogP contribution is -2.45. The van der Waals surface area contributed by atoms with Crippen LogP contribution in [0.1, 0.15) is 59.6 Å². The SMILES string of the molecule is CC1(C)c2cc(-c3ccc(-c4ccccc4C4N=C(c5ccccc5)NC(c5ccccc5)N4)cc3)ccc2-c2cccc(C#N)c21. The molecule has 2 N–H and O–H groups in total. The van der Waals surface area contributed by atoms with Crippen LogP contribution in [0.5, 0.6) is 0 Å². The van der Waals surface area contributed by atoms with Crippen LogP contribution >= 0.6 is 0 Å². The Hall–Kier alpha value is -5.76. The van der Waals surface area contributed by atoms with Gasteiger partial charge in [0.25, 0.3) is 0 Å². The van der Waals surface area contributed by atoms with Gasteiger partial charge in [0, 0.05) is 11.0 Å². The second-order valence-corrected chi connectivity index (χ2v) is 12.8. The van der Waals surface area contributed by atoms with E-state index in [2.05, 4.69) is 140 Å². The Morgan fingerprint density at radius 3 is 2.04 bits per heavy atom. The third-order valence-electron chi connectivity index (χ3n) is 9.62. The van der Waals surface area contributed by atoms with E-state index in [1.54, 1.807) is 0 Å². The fourth-order valence-electron chi connectivity index (χ4n) is 7.27. The minimum Gasteiger partial charge on any atom is -0.350 e. The van der Waals surface area contributed by atoms with E-state index >= 15 is 0 Å². The molecule has 226 valence electrons. The third kappa shape index (κ3) is 5.02. The molecule has 2 atom stereocenters. The molecule has 4 nitrogen and oxygen atoms in total. The Balaban J connectivity index is 1.14. The molecule has 0 radical (unpaired) electrons. The molecule has 0 fully saturated rings. The lowest BCUT2D eigenvalue weighted by molar-refractivity contribution is 0.409. The first-order valence-corrected chi connectivity index (χ1v) is 16.1. The van der Waals surface area contributed by atoms with Gasteiger partial charge < -0.3 is 5.32 Å². The van der Waals surface area contributed by atoms with Gasteiger partial charge in [-0.25, -0.2) is 4.99 Å². The predicted molar refractivity (Wildman–Crippen MR) is 191 cm³/mol. The molecule has 0 saturated carbocycles. The molecule has 2 unspecified atom stereocenters. The molecule has 0 spiro atoms. The summed E-state index contributed by atoms with van der Waals surface area (Å²) in [6.07, 6.45) is -0.338. The number of hydrogen-bond donors (Lipinski definition) is 2. The van der Waals surface area contributed by atoms with Crippen molar-refractivity contribution in [2.45, 2.75) is 31.6 Å². The Morgan fingerprint density at radius 1 is 0.617 bits per heavy atom. The zero-order valence-corrected chi connectivity index (χ0v) is 26.4. The largest absolute Gasteiger partial charge is 0.350 e. The van der Waals surface area contributed by atoms with Crippen molar-refractivity contribution in [1.82, 2.24) is 10.6 Å². The van der Waals surface area contributed by atoms with Gasteiger partial charge in [0.05, 0.1) is 11.6 Å². The van der Waals surface area contributed by atoms with Crippen molar-refractivity contribution in [3.63, 3.8) is 0 Å². The summed E-state index contributed by atoms with van der Waals surface area (Å²) in [4.78, 5) is 5.20. The monoisotopic (exact) mass is 606 g/mol. The van der Waals surface area contributed by atoms with Crippen molar-refractivity contribution < 1.29 is 0 Å². The van der Waals surface area contributed by atoms with Crippen LogP contribution in [0.15, 0.2) is 151 Å². The quantitative estimate of drug-likeness (QED) is 0.205. The van der Waals surface area contributed by atoms with E-state index in [1.807, 2.05) is 36.4 Å². The molecule has 0 amide bonds. The minimum atomic E-state index is -0.246. The Bertz CT molecular complexity index is 2170. The summed E-state index contributed by atoms with van der Waals surface area (Å²) in [5.74, 6) is 0.872. The van der Waals surface area contributed by atoms with Crippen LogP contribution in [0.4, 0.5) is 0 Å². The molecule has 47 heavy (non-hydrogen) atoms. The molecule has 0 bridgehead atoms. The van der Waals surface area contributed by atoms with E-state index in [4.69, 9.17) is 4.99 Å². The second-order valence-electron chi connectivity index (χ2n) is 12.8. The van der Waals surface area contributed by atoms with Gasteiger partial charge in [-0.1, -0.05) is 147 Å². The lowest BCUT2D eigenvalue weighted by Gasteiger charge is -2.33. The van der Waals surface area contributed by atoms with E-state index in [1.165, 1.54) is 22.3 Å². The Labute approximate surface area is 276 Å². The number of amidine groups is 1. The van der Waals surface area contributed by atoms with Crippen molar-refractivity contribution in [2.24, 2.45) is 4.99 Å². The molecule has 0 saturated heterocycles. The molecule has 0 aromatic heterocycles. The van der Waals surface area contributed by atoms with Gasteiger partial charge in [-0.3, -0.25) is 5.32 Å². The maximum absolute atomic E-state index is 9.83. The van der Waals surface area contributed by atoms with Crippen molar-refractivity contribution in [3.8, 4) is 39.4 Å². The maximum Gasteiger partial charge on any atom is 0.131 e. The van der Waals surface area contributed by atoms with E-state index in [9.17, 15) is 5.26 Å². The van der Waals surface area contributed by atoms with E-state index in [0.717, 1.165) is 50.3 Å². The predicted octanol–water partition coefficient (Wildman–Crippen LogP) is 9.54. The summed E-state index contributed by atoms with van der Waals surface area (Å²) < 4.78 is 0. The average Bonchev–Trinajstić information content (AvgIpc) is 3.38. The van der Waals surface area contributed by atoms with Crippen LogP contribution < -0.4 is 10.6 Å². The number of benzene rings is 6. The molecule has 8 rings (SSSR count). The zero-order valence-electron chi connectivity index (χ0n) is 26.4. The summed E-state index contributed by atoms with van der Waals surface area (Å²) in [7, 11) is 0. The van der Waals surface area contributed by atoms with Crippen LogP contribution in [0.2, 0.25) is 0 Å². The highest BCUT2D eigenvalue weighted by molar-refractivity contribution is 5.99. The highest BCUT2D eigenvalue weighted by Crippen LogP contribution is 2.50. The number of rotatable bonds is 5. The van der Waals surface area contributed by atoms with Crippen LogP contribution in [0.25, 0.3) is 33.4 Å². The third-order valence-corrected chi connectivity index (χ3v) is 9.62. The molecule has 1 aliphatic carbocycles. The van der Waals surface area contributed by atoms with Crippen molar-refractivity contribution in [2.75, 3.05) is 0 Å². The molecule has 1 heterocycles. The number of fused-ring (bicyclic) bond motifs is 3. The normalized spacial score (nSPS) is 17.5. The summed E-state index contributed by atoms with van der Waals surface area (Å²) >= 11 is 0. The van der Waals surface area contributed by atoms with Gasteiger partial charge in [0.15, 0.2) is 0 Å². The maximum atomic E-state index is 9.83. The van der Waals surface area contributed by atoms with Crippen LogP contribution in [0, 0.1) is 11.3 Å². The molecule has 2 aliphatic rings. The fraction of sp³-hybridized carbons (Fsp3) is 0.116. The van der Waals surface area contributed by atoms with Gasteiger partial charge in [-0.05, 0) is 67.8 Å². The molecule has 6 aromatic carbocycles. The standard InChI is InChI=1S/C43H34N4/c1-43(2)38-26-32(24-25-35(38)36-19-11-16-33(27-44)39(36)43)28-20-22-29(23-21-28)34-17-9-10-18-37(34)42-46-40(30-12-5-3-6-13-30)45-41(47-42)31-14-7-4-8-15-31/h3-26,40,42,46H,1-2H3,(H,45,47). The molecule has 6 aromatic rings. The number of hydrogen-bond acceptors (Lipinski definition) is 4. The molecule has 4 heteroatoms. The zero-order chi connectivity index (χ0) is 32.0. The molecular weight excluding hydrogens is 573 g/mol. The summed E-state index contributed by atoms with van der Waals surface area (Å²) in [5.41, 5.74) is 13.3. The Morgan fingerprint density at radius 2 is 1.28 bits per heavy atom. The van der Waals surface area contributed by atoms with Crippen LogP contribution in [-0.2, 0) is 5.41 Å². The van der Waals surface area contributed by atoms with E-state index in [0.29, 0.717) is 0 Å². The van der Waals surface area contributed by atoms with Gasteiger partial charge >= 0.3 is 0 Å². The smallest absolute Gasteiger partial charge is 0.131 e. The summed E-state index contributed by atoms with van der Waals surface area (Å²) in [5, 5.41) is 17.2. The first kappa shape index (κ1) is 28.7. The van der Waals surface area contributed by atoms with Gasteiger partial charge in [0.2, 0.25) is 0 Å². The van der Waals surface area contributed by atoms with Crippen LogP contribution in [0.3, 0.4) is 0 Å².